The molecule has 0 bridgehead atoms. The standard InChI is InChI=1S/C31H31ClN4O3S/c1-19(2)39-29(37)27-21(4)33-30-34-31(40-18-24-12-7-8-15-26(24)32)35-36(30)28(27)22-13-9-14-25(16-22)38-17-23-11-6-5-10-20(23)3/h5-16,19,28H,17-18H2,1-4H3,(H,33,34,35). The third-order valence-electron chi connectivity index (χ3n) is 6.54. The molecule has 40 heavy (non-hydrogen) atoms. The van der Waals surface area contributed by atoms with Crippen molar-refractivity contribution in [2.24, 2.45) is 0 Å². The SMILES string of the molecule is CC1=C(C(=O)OC(C)C)C(c2cccc(OCc3ccccc3C)c2)n2nc(SCc3ccccc3Cl)nc2N1. The van der Waals surface area contributed by atoms with Crippen molar-refractivity contribution < 1.29 is 14.3 Å². The number of esters is 1. The number of carbonyl (C=O) groups is 1. The van der Waals surface area contributed by atoms with Crippen LogP contribution in [-0.4, -0.2) is 26.8 Å². The second-order valence-electron chi connectivity index (χ2n) is 9.85. The van der Waals surface area contributed by atoms with Gasteiger partial charge in [0.1, 0.15) is 18.4 Å². The van der Waals surface area contributed by atoms with Crippen LogP contribution >= 0.6 is 23.4 Å². The van der Waals surface area contributed by atoms with Gasteiger partial charge >= 0.3 is 5.97 Å². The Labute approximate surface area is 243 Å². The van der Waals surface area contributed by atoms with Gasteiger partial charge in [-0.3, -0.25) is 0 Å². The van der Waals surface area contributed by atoms with Gasteiger partial charge in [0, 0.05) is 16.5 Å². The molecule has 1 aromatic heterocycles. The zero-order chi connectivity index (χ0) is 28.2. The molecule has 1 N–H and O–H groups in total. The Kier molecular flexibility index (Phi) is 8.47. The van der Waals surface area contributed by atoms with Crippen LogP contribution in [0.25, 0.3) is 0 Å². The highest BCUT2D eigenvalue weighted by atomic mass is 35.5. The third kappa shape index (κ3) is 6.18. The first-order valence-electron chi connectivity index (χ1n) is 13.1. The zero-order valence-corrected chi connectivity index (χ0v) is 24.4. The predicted molar refractivity (Wildman–Crippen MR) is 159 cm³/mol. The van der Waals surface area contributed by atoms with E-state index in [1.54, 1.807) is 4.68 Å². The molecule has 206 valence electrons. The minimum absolute atomic E-state index is 0.267. The first kappa shape index (κ1) is 27.8. The topological polar surface area (TPSA) is 78.3 Å². The molecule has 0 radical (unpaired) electrons. The van der Waals surface area contributed by atoms with E-state index in [0.29, 0.717) is 45.5 Å². The number of halogens is 1. The van der Waals surface area contributed by atoms with E-state index in [-0.39, 0.29) is 6.10 Å². The molecule has 0 saturated heterocycles. The predicted octanol–water partition coefficient (Wildman–Crippen LogP) is 7.35. The lowest BCUT2D eigenvalue weighted by Crippen LogP contribution is -2.30. The van der Waals surface area contributed by atoms with E-state index < -0.39 is 12.0 Å². The first-order chi connectivity index (χ1) is 19.3. The summed E-state index contributed by atoms with van der Waals surface area (Å²) in [6, 6.07) is 23.1. The number of allylic oxidation sites excluding steroid dienone is 1. The highest BCUT2D eigenvalue weighted by Gasteiger charge is 2.35. The number of hydrogen-bond donors (Lipinski definition) is 1. The second-order valence-corrected chi connectivity index (χ2v) is 11.2. The minimum atomic E-state index is -0.549. The van der Waals surface area contributed by atoms with Gasteiger partial charge < -0.3 is 14.8 Å². The molecule has 9 heteroatoms. The van der Waals surface area contributed by atoms with Crippen molar-refractivity contribution in [2.75, 3.05) is 5.32 Å². The van der Waals surface area contributed by atoms with E-state index in [2.05, 4.69) is 24.4 Å². The van der Waals surface area contributed by atoms with Crippen molar-refractivity contribution in [3.05, 3.63) is 111 Å². The van der Waals surface area contributed by atoms with Crippen LogP contribution in [-0.2, 0) is 21.9 Å². The molecule has 1 atom stereocenters. The zero-order valence-electron chi connectivity index (χ0n) is 22.8. The number of carbonyl (C=O) groups excluding carboxylic acids is 1. The average molecular weight is 575 g/mol. The molecular weight excluding hydrogens is 544 g/mol. The maximum Gasteiger partial charge on any atom is 0.338 e. The highest BCUT2D eigenvalue weighted by Crippen LogP contribution is 2.38. The summed E-state index contributed by atoms with van der Waals surface area (Å²) in [5.74, 6) is 1.47. The molecular formula is C31H31ClN4O3S. The monoisotopic (exact) mass is 574 g/mol. The maximum absolute atomic E-state index is 13.4. The highest BCUT2D eigenvalue weighted by molar-refractivity contribution is 7.98. The number of aryl methyl sites for hydroxylation is 1. The molecule has 0 saturated carbocycles. The van der Waals surface area contributed by atoms with Gasteiger partial charge in [-0.2, -0.15) is 4.98 Å². The Bertz CT molecular complexity index is 1570. The number of nitrogens with zero attached hydrogens (tertiary/aromatic N) is 3. The number of nitrogens with one attached hydrogen (secondary N) is 1. The molecule has 0 aliphatic carbocycles. The maximum atomic E-state index is 13.4. The van der Waals surface area contributed by atoms with Gasteiger partial charge in [0.25, 0.3) is 0 Å². The Morgan fingerprint density at radius 1 is 1.05 bits per heavy atom. The van der Waals surface area contributed by atoms with Crippen LogP contribution in [0.2, 0.25) is 5.02 Å². The molecule has 0 amide bonds. The van der Waals surface area contributed by atoms with Crippen LogP contribution in [0.1, 0.15) is 49.1 Å². The molecule has 5 rings (SSSR count). The first-order valence-corrected chi connectivity index (χ1v) is 14.4. The van der Waals surface area contributed by atoms with Gasteiger partial charge in [-0.25, -0.2) is 9.48 Å². The van der Waals surface area contributed by atoms with Crippen molar-refractivity contribution in [2.45, 2.75) is 57.4 Å². The number of thioether (sulfide) groups is 1. The molecule has 1 unspecified atom stereocenters. The molecule has 1 aliphatic rings. The van der Waals surface area contributed by atoms with Crippen LogP contribution in [0.15, 0.2) is 89.2 Å². The number of rotatable bonds is 9. The summed E-state index contributed by atoms with van der Waals surface area (Å²) >= 11 is 7.84. The van der Waals surface area contributed by atoms with E-state index in [1.165, 1.54) is 17.3 Å². The number of benzene rings is 3. The smallest absolute Gasteiger partial charge is 0.338 e. The van der Waals surface area contributed by atoms with Crippen molar-refractivity contribution in [1.29, 1.82) is 0 Å². The lowest BCUT2D eigenvalue weighted by molar-refractivity contribution is -0.143. The number of hydrogen-bond acceptors (Lipinski definition) is 7. The third-order valence-corrected chi connectivity index (χ3v) is 7.80. The van der Waals surface area contributed by atoms with Gasteiger partial charge in [-0.05, 0) is 68.1 Å². The molecule has 0 fully saturated rings. The molecule has 7 nitrogen and oxygen atoms in total. The average Bonchev–Trinajstić information content (AvgIpc) is 3.33. The van der Waals surface area contributed by atoms with Crippen LogP contribution in [0.5, 0.6) is 5.75 Å². The number of ether oxygens (including phenoxy) is 2. The molecule has 2 heterocycles. The van der Waals surface area contributed by atoms with E-state index in [1.807, 2.05) is 81.4 Å². The minimum Gasteiger partial charge on any atom is -0.489 e. The Hall–Kier alpha value is -3.75. The second kappa shape index (κ2) is 12.2. The number of anilines is 1. The van der Waals surface area contributed by atoms with E-state index in [4.69, 9.17) is 31.2 Å². The van der Waals surface area contributed by atoms with Gasteiger partial charge in [0.15, 0.2) is 0 Å². The quantitative estimate of drug-likeness (QED) is 0.165. The normalized spacial score (nSPS) is 14.6. The summed E-state index contributed by atoms with van der Waals surface area (Å²) in [7, 11) is 0. The molecule has 4 aromatic rings. The number of fused-ring (bicyclic) bond motifs is 1. The van der Waals surface area contributed by atoms with Crippen molar-refractivity contribution >= 4 is 35.3 Å². The summed E-state index contributed by atoms with van der Waals surface area (Å²) in [5, 5.41) is 9.35. The van der Waals surface area contributed by atoms with Gasteiger partial charge in [-0.1, -0.05) is 78.0 Å². The van der Waals surface area contributed by atoms with Crippen LogP contribution < -0.4 is 10.1 Å². The molecule has 0 spiro atoms. The molecule has 3 aromatic carbocycles. The lowest BCUT2D eigenvalue weighted by Gasteiger charge is -2.28. The summed E-state index contributed by atoms with van der Waals surface area (Å²) in [5.41, 5.74) is 5.27. The van der Waals surface area contributed by atoms with Gasteiger partial charge in [0.2, 0.25) is 11.1 Å². The molecule has 1 aliphatic heterocycles. The largest absolute Gasteiger partial charge is 0.489 e. The van der Waals surface area contributed by atoms with E-state index in [0.717, 1.165) is 16.7 Å². The fraction of sp³-hybridized carbons (Fsp3) is 0.258. The van der Waals surface area contributed by atoms with Crippen molar-refractivity contribution in [3.63, 3.8) is 0 Å². The van der Waals surface area contributed by atoms with E-state index in [9.17, 15) is 4.79 Å². The lowest BCUT2D eigenvalue weighted by atomic mass is 9.95. The Morgan fingerprint density at radius 2 is 1.80 bits per heavy atom. The van der Waals surface area contributed by atoms with Crippen LogP contribution in [0.4, 0.5) is 5.95 Å². The van der Waals surface area contributed by atoms with Crippen molar-refractivity contribution in [3.8, 4) is 5.75 Å². The Balaban J connectivity index is 1.47. The number of aromatic nitrogens is 3. The summed E-state index contributed by atoms with van der Waals surface area (Å²) < 4.78 is 13.6. The summed E-state index contributed by atoms with van der Waals surface area (Å²) in [6.07, 6.45) is -0.267. The fourth-order valence-electron chi connectivity index (χ4n) is 4.51. The van der Waals surface area contributed by atoms with Crippen LogP contribution in [0, 0.1) is 6.92 Å². The van der Waals surface area contributed by atoms with E-state index >= 15 is 0 Å². The fourth-order valence-corrected chi connectivity index (χ4v) is 5.62. The van der Waals surface area contributed by atoms with Gasteiger partial charge in [-0.15, -0.1) is 5.10 Å². The summed E-state index contributed by atoms with van der Waals surface area (Å²) in [6.45, 7) is 8.04. The summed E-state index contributed by atoms with van der Waals surface area (Å²) in [4.78, 5) is 18.1. The van der Waals surface area contributed by atoms with Crippen molar-refractivity contribution in [1.82, 2.24) is 14.8 Å². The Morgan fingerprint density at radius 3 is 2.55 bits per heavy atom. The van der Waals surface area contributed by atoms with Gasteiger partial charge in [0.05, 0.1) is 11.7 Å². The van der Waals surface area contributed by atoms with Crippen LogP contribution in [0.3, 0.4) is 0 Å².